The Bertz CT molecular complexity index is 1590. The molecular formula is C40H64N10O6. The Hall–Kier alpha value is -4.61. The Morgan fingerprint density at radius 3 is 2.34 bits per heavy atom. The summed E-state index contributed by atoms with van der Waals surface area (Å²) in [4.78, 5) is 69.4. The molecule has 0 aromatic heterocycles. The van der Waals surface area contributed by atoms with Gasteiger partial charge in [-0.2, -0.15) is 0 Å². The fourth-order valence-electron chi connectivity index (χ4n) is 6.74. The van der Waals surface area contributed by atoms with Crippen molar-refractivity contribution in [2.75, 3.05) is 60.9 Å². The van der Waals surface area contributed by atoms with Crippen LogP contribution >= 0.6 is 0 Å². The predicted octanol–water partition coefficient (Wildman–Crippen LogP) is -0.770. The van der Waals surface area contributed by atoms with Crippen LogP contribution in [0.5, 0.6) is 5.75 Å². The van der Waals surface area contributed by atoms with E-state index in [1.54, 1.807) is 33.3 Å². The molecular weight excluding hydrogens is 717 g/mol. The number of hydrogen-bond donors (Lipinski definition) is 10. The van der Waals surface area contributed by atoms with Crippen molar-refractivity contribution in [3.63, 3.8) is 0 Å². The molecule has 310 valence electrons. The average molecular weight is 781 g/mol. The average Bonchev–Trinajstić information content (AvgIpc) is 3.18. The van der Waals surface area contributed by atoms with E-state index < -0.39 is 41.9 Å². The molecule has 2 aromatic rings. The van der Waals surface area contributed by atoms with Crippen LogP contribution in [0.4, 0.5) is 0 Å². The molecule has 0 fully saturated rings. The highest BCUT2D eigenvalue weighted by molar-refractivity contribution is 5.95. The second-order valence-electron chi connectivity index (χ2n) is 14.4. The minimum Gasteiger partial charge on any atom is -0.508 e. The molecule has 0 aliphatic carbocycles. The van der Waals surface area contributed by atoms with Crippen LogP contribution in [0.3, 0.4) is 0 Å². The number of hydrogen-bond acceptors (Lipinski definition) is 11. The number of carbonyl (C=O) groups is 5. The van der Waals surface area contributed by atoms with Crippen molar-refractivity contribution in [1.82, 2.24) is 42.1 Å². The minimum atomic E-state index is -1.04. The molecule has 2 aromatic carbocycles. The van der Waals surface area contributed by atoms with Gasteiger partial charge in [-0.15, -0.1) is 0 Å². The molecule has 1 aliphatic rings. The molecule has 5 atom stereocenters. The van der Waals surface area contributed by atoms with Crippen LogP contribution in [0.15, 0.2) is 42.5 Å². The maximum absolute atomic E-state index is 14.4. The number of rotatable bonds is 20. The fourth-order valence-corrected chi connectivity index (χ4v) is 6.74. The van der Waals surface area contributed by atoms with E-state index in [-0.39, 0.29) is 42.9 Å². The summed E-state index contributed by atoms with van der Waals surface area (Å²) < 4.78 is 0. The molecule has 5 amide bonds. The first kappa shape index (κ1) is 45.8. The second kappa shape index (κ2) is 24.1. The largest absolute Gasteiger partial charge is 0.508 e. The zero-order valence-corrected chi connectivity index (χ0v) is 33.4. The quantitative estimate of drug-likeness (QED) is 0.0748. The molecule has 0 spiro atoms. The Balaban J connectivity index is 1.92. The normalized spacial score (nSPS) is 18.5. The number of phenols is 1. The smallest absolute Gasteiger partial charge is 0.245 e. The number of nitrogens with zero attached hydrogens (tertiary/aromatic N) is 1. The first-order valence-corrected chi connectivity index (χ1v) is 19.7. The number of phenolic OH excluding ortho intramolecular Hbond substituents is 1. The number of fused-ring (bicyclic) bond motifs is 5. The van der Waals surface area contributed by atoms with E-state index in [4.69, 9.17) is 11.5 Å². The van der Waals surface area contributed by atoms with Gasteiger partial charge in [0.2, 0.25) is 29.5 Å². The summed E-state index contributed by atoms with van der Waals surface area (Å²) in [5, 5.41) is 31.4. The van der Waals surface area contributed by atoms with E-state index in [0.717, 1.165) is 16.7 Å². The highest BCUT2D eigenvalue weighted by atomic mass is 16.3. The molecule has 0 unspecified atom stereocenters. The Kier molecular flexibility index (Phi) is 19.7. The summed E-state index contributed by atoms with van der Waals surface area (Å²) in [7, 11) is 6.82. The summed E-state index contributed by atoms with van der Waals surface area (Å²) in [6.07, 6.45) is 3.33. The fraction of sp³-hybridized carbons (Fsp3) is 0.575. The van der Waals surface area contributed by atoms with Gasteiger partial charge in [0.05, 0.1) is 6.04 Å². The van der Waals surface area contributed by atoms with Gasteiger partial charge >= 0.3 is 0 Å². The van der Waals surface area contributed by atoms with Gasteiger partial charge in [-0.3, -0.25) is 24.0 Å². The molecule has 4 bridgehead atoms. The third kappa shape index (κ3) is 14.5. The van der Waals surface area contributed by atoms with Gasteiger partial charge in [0.25, 0.3) is 0 Å². The number of benzene rings is 2. The molecule has 0 saturated heterocycles. The Labute approximate surface area is 331 Å². The van der Waals surface area contributed by atoms with Crippen molar-refractivity contribution in [1.29, 1.82) is 0 Å². The lowest BCUT2D eigenvalue weighted by atomic mass is 9.95. The lowest BCUT2D eigenvalue weighted by Gasteiger charge is -2.32. The summed E-state index contributed by atoms with van der Waals surface area (Å²) >= 11 is 0. The van der Waals surface area contributed by atoms with Crippen LogP contribution in [0.1, 0.15) is 56.1 Å². The molecule has 56 heavy (non-hydrogen) atoms. The monoisotopic (exact) mass is 781 g/mol. The molecule has 1 heterocycles. The molecule has 16 heteroatoms. The van der Waals surface area contributed by atoms with Crippen molar-refractivity contribution in [2.45, 2.75) is 88.0 Å². The zero-order chi connectivity index (χ0) is 41.0. The molecule has 1 aliphatic heterocycles. The second-order valence-corrected chi connectivity index (χ2v) is 14.4. The van der Waals surface area contributed by atoms with E-state index in [1.807, 2.05) is 37.4 Å². The molecule has 3 rings (SSSR count). The third-order valence-electron chi connectivity index (χ3n) is 10.0. The summed E-state index contributed by atoms with van der Waals surface area (Å²) in [6, 6.07) is 8.86. The molecule has 12 N–H and O–H groups in total. The van der Waals surface area contributed by atoms with Gasteiger partial charge in [0, 0.05) is 52.0 Å². The summed E-state index contributed by atoms with van der Waals surface area (Å²) in [5.41, 5.74) is 14.6. The highest BCUT2D eigenvalue weighted by Crippen LogP contribution is 2.28. The minimum absolute atomic E-state index is 0.0559. The summed E-state index contributed by atoms with van der Waals surface area (Å²) in [6.45, 7) is 2.25. The summed E-state index contributed by atoms with van der Waals surface area (Å²) in [5.74, 6) is -1.85. The van der Waals surface area contributed by atoms with Crippen LogP contribution in [0.25, 0.3) is 11.1 Å². The molecule has 0 saturated carbocycles. The van der Waals surface area contributed by atoms with E-state index in [1.165, 1.54) is 4.90 Å². The van der Waals surface area contributed by atoms with Crippen molar-refractivity contribution < 1.29 is 29.1 Å². The van der Waals surface area contributed by atoms with Crippen LogP contribution in [-0.2, 0) is 36.8 Å². The topological polar surface area (TPSA) is 245 Å². The van der Waals surface area contributed by atoms with Gasteiger partial charge < -0.3 is 58.7 Å². The van der Waals surface area contributed by atoms with E-state index in [2.05, 4.69) is 37.2 Å². The Morgan fingerprint density at radius 1 is 0.911 bits per heavy atom. The van der Waals surface area contributed by atoms with Gasteiger partial charge in [-0.05, 0) is 107 Å². The van der Waals surface area contributed by atoms with Gasteiger partial charge in [0.15, 0.2) is 0 Å². The van der Waals surface area contributed by atoms with Crippen molar-refractivity contribution in [2.24, 2.45) is 11.5 Å². The number of likely N-dealkylation sites (N-methyl/N-ethyl adjacent to an activating group) is 2. The number of nitrogens with one attached hydrogen (secondary N) is 7. The van der Waals surface area contributed by atoms with Crippen molar-refractivity contribution in [3.05, 3.63) is 53.6 Å². The highest BCUT2D eigenvalue weighted by Gasteiger charge is 2.35. The van der Waals surface area contributed by atoms with Gasteiger partial charge in [0.1, 0.15) is 23.9 Å². The van der Waals surface area contributed by atoms with Crippen molar-refractivity contribution >= 4 is 29.5 Å². The predicted molar refractivity (Wildman–Crippen MR) is 217 cm³/mol. The van der Waals surface area contributed by atoms with Gasteiger partial charge in [-0.25, -0.2) is 0 Å². The molecule has 16 nitrogen and oxygen atoms in total. The number of aromatic hydroxyl groups is 1. The maximum Gasteiger partial charge on any atom is 0.245 e. The molecule has 0 radical (unpaired) electrons. The maximum atomic E-state index is 14.4. The van der Waals surface area contributed by atoms with Crippen molar-refractivity contribution in [3.8, 4) is 16.9 Å². The van der Waals surface area contributed by atoms with Crippen LogP contribution in [0, 0.1) is 0 Å². The standard InChI is InChI=1S/C40H64N10O6/c1-43-17-7-12-31(37(53)47-19-6-11-30(42)25-36(52)46-20-16-41)48-39(55)34-22-26-9-5-10-27(21-26)28-14-15-35(51)29(23-28)24-33(45-3)38(54)49-32(13-8-18-44-2)40(56)50(34)4/h5,9-10,14-15,21,23,30-34,43-45,51H,6-8,11-13,16-20,22,24-25,41-42H2,1-4H3,(H,46,52)(H,47,53)(H,48,55)(H,49,54)/t30-,31-,32-,33-,34-/m0/s1. The van der Waals surface area contributed by atoms with E-state index >= 15 is 0 Å². The van der Waals surface area contributed by atoms with Gasteiger partial charge in [-0.1, -0.05) is 30.3 Å². The van der Waals surface area contributed by atoms with E-state index in [0.29, 0.717) is 76.8 Å². The SMILES string of the molecule is CNCCC[C@H](NC(=O)[C@@H]1Cc2cccc(c2)-c2ccc(O)c(c2)C[C@H](NC)C(=O)N[C@@H](CCCNC)C(=O)N1C)C(=O)NCCC[C@H](N)CC(=O)NCCN. The zero-order valence-electron chi connectivity index (χ0n) is 33.4. The lowest BCUT2D eigenvalue weighted by Crippen LogP contribution is -2.59. The van der Waals surface area contributed by atoms with Crippen LogP contribution in [0.2, 0.25) is 0 Å². The van der Waals surface area contributed by atoms with Crippen LogP contribution < -0.4 is 48.7 Å². The van der Waals surface area contributed by atoms with E-state index in [9.17, 15) is 29.1 Å². The number of amides is 5. The Morgan fingerprint density at radius 2 is 1.62 bits per heavy atom. The van der Waals surface area contributed by atoms with Crippen LogP contribution in [-0.4, -0.2) is 131 Å². The lowest BCUT2D eigenvalue weighted by molar-refractivity contribution is -0.143. The number of nitrogens with two attached hydrogens (primary N) is 2. The first-order valence-electron chi connectivity index (χ1n) is 19.7. The third-order valence-corrected chi connectivity index (χ3v) is 10.0. The first-order chi connectivity index (χ1) is 26.9. The number of carbonyl (C=O) groups excluding carboxylic acids is 5.